The molecule has 106 valence electrons. The fraction of sp³-hybridized carbons (Fsp3) is 0.600. The number of nitrogens with one attached hydrogen (secondary N) is 1. The summed E-state index contributed by atoms with van der Waals surface area (Å²) in [6.45, 7) is 6.81. The third-order valence-corrected chi connectivity index (χ3v) is 3.69. The Hall–Kier alpha value is -1.13. The summed E-state index contributed by atoms with van der Waals surface area (Å²) in [7, 11) is 2.07. The van der Waals surface area contributed by atoms with Crippen LogP contribution in [0.3, 0.4) is 0 Å². The Balaban J connectivity index is 1.63. The first kappa shape index (κ1) is 14.3. The van der Waals surface area contributed by atoms with Gasteiger partial charge in [-0.3, -0.25) is 0 Å². The van der Waals surface area contributed by atoms with Crippen molar-refractivity contribution in [2.75, 3.05) is 51.2 Å². The molecular formula is C15H24FN3. The summed E-state index contributed by atoms with van der Waals surface area (Å²) in [5.74, 6) is -0.171. The summed E-state index contributed by atoms with van der Waals surface area (Å²) >= 11 is 0. The van der Waals surface area contributed by atoms with Gasteiger partial charge in [-0.15, -0.1) is 0 Å². The van der Waals surface area contributed by atoms with Gasteiger partial charge in [-0.2, -0.15) is 0 Å². The molecule has 3 nitrogen and oxygen atoms in total. The van der Waals surface area contributed by atoms with E-state index >= 15 is 0 Å². The first-order valence-electron chi connectivity index (χ1n) is 7.15. The van der Waals surface area contributed by atoms with E-state index in [-0.39, 0.29) is 5.82 Å². The number of halogens is 1. The molecule has 1 heterocycles. The molecule has 1 aromatic carbocycles. The number of nitrogens with zero attached hydrogens (tertiary/aromatic N) is 2. The molecule has 1 aromatic rings. The van der Waals surface area contributed by atoms with Crippen molar-refractivity contribution in [1.29, 1.82) is 0 Å². The molecule has 0 spiro atoms. The molecule has 1 N–H and O–H groups in total. The van der Waals surface area contributed by atoms with Gasteiger partial charge in [0.25, 0.3) is 0 Å². The minimum atomic E-state index is -0.171. The van der Waals surface area contributed by atoms with Crippen molar-refractivity contribution >= 4 is 5.69 Å². The van der Waals surface area contributed by atoms with Crippen LogP contribution in [0, 0.1) is 5.82 Å². The lowest BCUT2D eigenvalue weighted by Crippen LogP contribution is -2.43. The van der Waals surface area contributed by atoms with E-state index in [1.54, 1.807) is 0 Å². The van der Waals surface area contributed by atoms with E-state index in [1.165, 1.54) is 44.6 Å². The van der Waals surface area contributed by atoms with Crippen molar-refractivity contribution in [2.45, 2.75) is 12.8 Å². The van der Waals surface area contributed by atoms with Gasteiger partial charge in [-0.25, -0.2) is 4.39 Å². The molecule has 1 fully saturated rings. The number of rotatable bonds is 6. The Bertz CT molecular complexity index is 360. The molecule has 1 aliphatic rings. The van der Waals surface area contributed by atoms with Crippen molar-refractivity contribution in [2.24, 2.45) is 0 Å². The van der Waals surface area contributed by atoms with Crippen molar-refractivity contribution in [1.82, 2.24) is 10.2 Å². The molecule has 1 aliphatic heterocycles. The quantitative estimate of drug-likeness (QED) is 0.793. The lowest BCUT2D eigenvalue weighted by atomic mass is 10.2. The molecule has 0 amide bonds. The lowest BCUT2D eigenvalue weighted by Gasteiger charge is -2.27. The highest BCUT2D eigenvalue weighted by Gasteiger charge is 2.08. The van der Waals surface area contributed by atoms with Crippen LogP contribution in [0.4, 0.5) is 10.1 Å². The van der Waals surface area contributed by atoms with E-state index in [2.05, 4.69) is 22.2 Å². The van der Waals surface area contributed by atoms with Gasteiger partial charge in [0.2, 0.25) is 0 Å². The second-order valence-electron chi connectivity index (χ2n) is 5.20. The van der Waals surface area contributed by atoms with Gasteiger partial charge in [0.05, 0.1) is 0 Å². The molecule has 0 saturated carbocycles. The second-order valence-corrected chi connectivity index (χ2v) is 5.20. The van der Waals surface area contributed by atoms with E-state index in [9.17, 15) is 4.39 Å². The van der Waals surface area contributed by atoms with Crippen LogP contribution in [0.1, 0.15) is 12.8 Å². The van der Waals surface area contributed by atoms with E-state index in [1.807, 2.05) is 12.1 Å². The van der Waals surface area contributed by atoms with Gasteiger partial charge in [-0.05, 0) is 43.7 Å². The summed E-state index contributed by atoms with van der Waals surface area (Å²) in [6.07, 6.45) is 2.41. The number of benzene rings is 1. The van der Waals surface area contributed by atoms with Gasteiger partial charge < -0.3 is 15.1 Å². The Morgan fingerprint density at radius 2 is 1.84 bits per heavy atom. The Kier molecular flexibility index (Phi) is 5.61. The van der Waals surface area contributed by atoms with Gasteiger partial charge in [0.15, 0.2) is 0 Å². The highest BCUT2D eigenvalue weighted by Crippen LogP contribution is 2.13. The molecule has 0 unspecified atom stereocenters. The minimum Gasteiger partial charge on any atom is -0.375 e. The lowest BCUT2D eigenvalue weighted by molar-refractivity contribution is 0.237. The maximum absolute atomic E-state index is 12.8. The Morgan fingerprint density at radius 3 is 2.53 bits per heavy atom. The highest BCUT2D eigenvalue weighted by molar-refractivity contribution is 5.45. The van der Waals surface area contributed by atoms with E-state index in [4.69, 9.17) is 0 Å². The minimum absolute atomic E-state index is 0.171. The third-order valence-electron chi connectivity index (χ3n) is 3.69. The van der Waals surface area contributed by atoms with Crippen LogP contribution >= 0.6 is 0 Å². The number of hydrogen-bond donors (Lipinski definition) is 1. The Labute approximate surface area is 115 Å². The van der Waals surface area contributed by atoms with Gasteiger partial charge in [-0.1, -0.05) is 0 Å². The van der Waals surface area contributed by atoms with Crippen LogP contribution in [0.5, 0.6) is 0 Å². The Morgan fingerprint density at radius 1 is 1.16 bits per heavy atom. The average molecular weight is 265 g/mol. The van der Waals surface area contributed by atoms with Crippen molar-refractivity contribution < 1.29 is 4.39 Å². The summed E-state index contributed by atoms with van der Waals surface area (Å²) in [6, 6.07) is 6.72. The molecular weight excluding hydrogens is 241 g/mol. The zero-order chi connectivity index (χ0) is 13.5. The van der Waals surface area contributed by atoms with Crippen LogP contribution in [-0.2, 0) is 0 Å². The SMILES string of the molecule is CN(CCCCN1CCNCC1)c1ccc(F)cc1. The van der Waals surface area contributed by atoms with E-state index in [0.29, 0.717) is 0 Å². The predicted molar refractivity (Wildman–Crippen MR) is 78.2 cm³/mol. The summed E-state index contributed by atoms with van der Waals surface area (Å²) in [5.41, 5.74) is 1.09. The van der Waals surface area contributed by atoms with E-state index < -0.39 is 0 Å². The molecule has 4 heteroatoms. The fourth-order valence-corrected chi connectivity index (χ4v) is 2.44. The van der Waals surface area contributed by atoms with Gasteiger partial charge in [0.1, 0.15) is 5.82 Å². The molecule has 0 atom stereocenters. The van der Waals surface area contributed by atoms with Gasteiger partial charge >= 0.3 is 0 Å². The van der Waals surface area contributed by atoms with E-state index in [0.717, 1.165) is 25.3 Å². The normalized spacial score (nSPS) is 16.5. The standard InChI is InChI=1S/C15H24FN3/c1-18(15-6-4-14(16)5-7-15)10-2-3-11-19-12-8-17-9-13-19/h4-7,17H,2-3,8-13H2,1H3. The molecule has 0 bridgehead atoms. The van der Waals surface area contributed by atoms with Crippen LogP contribution in [0.2, 0.25) is 0 Å². The molecule has 0 aromatic heterocycles. The maximum atomic E-state index is 12.8. The molecule has 2 rings (SSSR count). The highest BCUT2D eigenvalue weighted by atomic mass is 19.1. The predicted octanol–water partition coefficient (Wildman–Crippen LogP) is 1.95. The first-order chi connectivity index (χ1) is 9.25. The number of anilines is 1. The zero-order valence-corrected chi connectivity index (χ0v) is 11.7. The number of hydrogen-bond acceptors (Lipinski definition) is 3. The largest absolute Gasteiger partial charge is 0.375 e. The summed E-state index contributed by atoms with van der Waals surface area (Å²) < 4.78 is 12.8. The second kappa shape index (κ2) is 7.46. The monoisotopic (exact) mass is 265 g/mol. The third kappa shape index (κ3) is 4.80. The van der Waals surface area contributed by atoms with Crippen LogP contribution in [0.15, 0.2) is 24.3 Å². The van der Waals surface area contributed by atoms with Crippen LogP contribution < -0.4 is 10.2 Å². The average Bonchev–Trinajstić information content (AvgIpc) is 2.45. The number of piperazine rings is 1. The summed E-state index contributed by atoms with van der Waals surface area (Å²) in [4.78, 5) is 4.71. The van der Waals surface area contributed by atoms with Crippen LogP contribution in [0.25, 0.3) is 0 Å². The molecule has 19 heavy (non-hydrogen) atoms. The first-order valence-corrected chi connectivity index (χ1v) is 7.15. The zero-order valence-electron chi connectivity index (χ0n) is 11.7. The van der Waals surface area contributed by atoms with Crippen molar-refractivity contribution in [3.8, 4) is 0 Å². The van der Waals surface area contributed by atoms with Crippen molar-refractivity contribution in [3.63, 3.8) is 0 Å². The van der Waals surface area contributed by atoms with Gasteiger partial charge in [0, 0.05) is 45.5 Å². The smallest absolute Gasteiger partial charge is 0.123 e. The number of unbranched alkanes of at least 4 members (excludes halogenated alkanes) is 1. The molecule has 1 saturated heterocycles. The maximum Gasteiger partial charge on any atom is 0.123 e. The van der Waals surface area contributed by atoms with Crippen molar-refractivity contribution in [3.05, 3.63) is 30.1 Å². The summed E-state index contributed by atoms with van der Waals surface area (Å²) in [5, 5.41) is 3.37. The fourth-order valence-electron chi connectivity index (χ4n) is 2.44. The topological polar surface area (TPSA) is 18.5 Å². The molecule has 0 aliphatic carbocycles. The molecule has 0 radical (unpaired) electrons. The van der Waals surface area contributed by atoms with Crippen LogP contribution in [-0.4, -0.2) is 51.2 Å².